The molecule has 148 valence electrons. The van der Waals surface area contributed by atoms with Crippen molar-refractivity contribution < 1.29 is 27.5 Å². The van der Waals surface area contributed by atoms with Gasteiger partial charge in [0.2, 0.25) is 10.0 Å². The predicted octanol–water partition coefficient (Wildman–Crippen LogP) is 1.13. The number of carbonyl (C=O) groups excluding carboxylic acids is 3. The lowest BCUT2D eigenvalue weighted by atomic mass is 10.2. The molecule has 0 radical (unpaired) electrons. The lowest BCUT2D eigenvalue weighted by molar-refractivity contribution is -0.123. The van der Waals surface area contributed by atoms with Crippen LogP contribution in [0.4, 0.5) is 4.79 Å². The number of hydrogen-bond acceptors (Lipinski definition) is 6. The summed E-state index contributed by atoms with van der Waals surface area (Å²) < 4.78 is 31.7. The van der Waals surface area contributed by atoms with E-state index in [0.717, 1.165) is 25.3 Å². The van der Waals surface area contributed by atoms with Crippen LogP contribution in [-0.4, -0.2) is 57.4 Å². The Balaban J connectivity index is 2.13. The number of halogens is 1. The Morgan fingerprint density at radius 2 is 1.85 bits per heavy atom. The molecular weight excluding hydrogens is 398 g/mol. The summed E-state index contributed by atoms with van der Waals surface area (Å²) in [6.07, 6.45) is 2.49. The molecular formula is C16H20ClN3O6S. The van der Waals surface area contributed by atoms with Gasteiger partial charge in [0.1, 0.15) is 4.90 Å². The van der Waals surface area contributed by atoms with Crippen LogP contribution in [0.2, 0.25) is 5.02 Å². The van der Waals surface area contributed by atoms with Crippen molar-refractivity contribution in [1.29, 1.82) is 0 Å². The van der Waals surface area contributed by atoms with Crippen LogP contribution in [0.3, 0.4) is 0 Å². The van der Waals surface area contributed by atoms with Crippen molar-refractivity contribution in [2.75, 3.05) is 26.7 Å². The number of benzene rings is 1. The zero-order valence-corrected chi connectivity index (χ0v) is 16.2. The standard InChI is InChI=1S/C16H20ClN3O6S/c1-18-16(23)19-14(21)10-26-15(22)11-5-6-12(17)13(9-11)27(24,25)20-7-3-2-4-8-20/h5-6,9H,2-4,7-8,10H2,1H3,(H2,18,19,21,23). The van der Waals surface area contributed by atoms with E-state index in [2.05, 4.69) is 5.32 Å². The first-order valence-electron chi connectivity index (χ1n) is 8.24. The molecule has 1 aromatic carbocycles. The highest BCUT2D eigenvalue weighted by Gasteiger charge is 2.29. The van der Waals surface area contributed by atoms with Gasteiger partial charge in [-0.15, -0.1) is 0 Å². The van der Waals surface area contributed by atoms with Crippen molar-refractivity contribution in [2.45, 2.75) is 24.2 Å². The maximum atomic E-state index is 12.8. The molecule has 2 N–H and O–H groups in total. The number of nitrogens with one attached hydrogen (secondary N) is 2. The number of rotatable bonds is 5. The fraction of sp³-hybridized carbons (Fsp3) is 0.438. The Morgan fingerprint density at radius 1 is 1.19 bits per heavy atom. The highest BCUT2D eigenvalue weighted by molar-refractivity contribution is 7.89. The van der Waals surface area contributed by atoms with Crippen molar-refractivity contribution in [3.8, 4) is 0 Å². The van der Waals surface area contributed by atoms with E-state index in [9.17, 15) is 22.8 Å². The summed E-state index contributed by atoms with van der Waals surface area (Å²) in [5.41, 5.74) is -0.0669. The van der Waals surface area contributed by atoms with Gasteiger partial charge in [-0.05, 0) is 31.0 Å². The van der Waals surface area contributed by atoms with Crippen molar-refractivity contribution in [1.82, 2.24) is 14.9 Å². The topological polar surface area (TPSA) is 122 Å². The normalized spacial score (nSPS) is 15.0. The molecule has 3 amide bonds. The average Bonchev–Trinajstić information content (AvgIpc) is 2.66. The molecule has 1 aliphatic heterocycles. The highest BCUT2D eigenvalue weighted by Crippen LogP contribution is 2.28. The number of carbonyl (C=O) groups is 3. The summed E-state index contributed by atoms with van der Waals surface area (Å²) >= 11 is 6.04. The van der Waals surface area contributed by atoms with Crippen LogP contribution in [-0.2, 0) is 19.6 Å². The van der Waals surface area contributed by atoms with Crippen molar-refractivity contribution in [2.24, 2.45) is 0 Å². The number of imide groups is 1. The van der Waals surface area contributed by atoms with Gasteiger partial charge in [-0.2, -0.15) is 4.31 Å². The van der Waals surface area contributed by atoms with E-state index in [-0.39, 0.29) is 15.5 Å². The van der Waals surface area contributed by atoms with Crippen molar-refractivity contribution in [3.63, 3.8) is 0 Å². The maximum absolute atomic E-state index is 12.8. The first-order chi connectivity index (χ1) is 12.8. The van der Waals surface area contributed by atoms with E-state index in [0.29, 0.717) is 13.1 Å². The van der Waals surface area contributed by atoms with Crippen LogP contribution in [0.5, 0.6) is 0 Å². The van der Waals surface area contributed by atoms with Crippen LogP contribution >= 0.6 is 11.6 Å². The number of esters is 1. The quantitative estimate of drug-likeness (QED) is 0.692. The van der Waals surface area contributed by atoms with E-state index >= 15 is 0 Å². The van der Waals surface area contributed by atoms with Gasteiger partial charge in [0.05, 0.1) is 10.6 Å². The van der Waals surface area contributed by atoms with Gasteiger partial charge in [-0.1, -0.05) is 18.0 Å². The summed E-state index contributed by atoms with van der Waals surface area (Å²) in [6.45, 7) is 0.100. The Hall–Kier alpha value is -2.17. The minimum atomic E-state index is -3.84. The number of ether oxygens (including phenoxy) is 1. The van der Waals surface area contributed by atoms with Gasteiger partial charge in [0, 0.05) is 20.1 Å². The number of sulfonamides is 1. The largest absolute Gasteiger partial charge is 0.452 e. The van der Waals surface area contributed by atoms with Gasteiger partial charge in [-0.25, -0.2) is 18.0 Å². The molecule has 0 unspecified atom stereocenters. The van der Waals surface area contributed by atoms with Gasteiger partial charge in [0.15, 0.2) is 6.61 Å². The van der Waals surface area contributed by atoms with E-state index < -0.39 is 34.5 Å². The molecule has 0 aromatic heterocycles. The molecule has 1 saturated heterocycles. The highest BCUT2D eigenvalue weighted by atomic mass is 35.5. The third-order valence-electron chi connectivity index (χ3n) is 3.91. The molecule has 27 heavy (non-hydrogen) atoms. The molecule has 1 aliphatic rings. The summed E-state index contributed by atoms with van der Waals surface area (Å²) in [6, 6.07) is 2.99. The van der Waals surface area contributed by atoms with Crippen LogP contribution in [0.25, 0.3) is 0 Å². The Morgan fingerprint density at radius 3 is 2.48 bits per heavy atom. The third-order valence-corrected chi connectivity index (χ3v) is 6.29. The first kappa shape index (κ1) is 21.1. The number of hydrogen-bond donors (Lipinski definition) is 2. The van der Waals surface area contributed by atoms with Crippen LogP contribution in [0.1, 0.15) is 29.6 Å². The lowest BCUT2D eigenvalue weighted by Gasteiger charge is -2.26. The number of nitrogens with zero attached hydrogens (tertiary/aromatic N) is 1. The van der Waals surface area contributed by atoms with Gasteiger partial charge < -0.3 is 10.1 Å². The monoisotopic (exact) mass is 417 g/mol. The van der Waals surface area contributed by atoms with Crippen LogP contribution in [0.15, 0.2) is 23.1 Å². The fourth-order valence-corrected chi connectivity index (χ4v) is 4.53. The Bertz CT molecular complexity index is 837. The summed E-state index contributed by atoms with van der Waals surface area (Å²) in [5.74, 6) is -1.73. The number of amides is 3. The van der Waals surface area contributed by atoms with Crippen molar-refractivity contribution >= 4 is 39.5 Å². The van der Waals surface area contributed by atoms with E-state index in [1.54, 1.807) is 0 Å². The zero-order chi connectivity index (χ0) is 20.0. The fourth-order valence-electron chi connectivity index (χ4n) is 2.51. The molecule has 0 aliphatic carbocycles. The summed E-state index contributed by atoms with van der Waals surface area (Å²) in [7, 11) is -2.51. The molecule has 0 spiro atoms. The molecule has 1 aromatic rings. The second kappa shape index (κ2) is 9.16. The van der Waals surface area contributed by atoms with Crippen LogP contribution < -0.4 is 10.6 Å². The van der Waals surface area contributed by atoms with E-state index in [4.69, 9.17) is 16.3 Å². The second-order valence-corrected chi connectivity index (χ2v) is 8.13. The van der Waals surface area contributed by atoms with Crippen molar-refractivity contribution in [3.05, 3.63) is 28.8 Å². The van der Waals surface area contributed by atoms with E-state index in [1.807, 2.05) is 5.32 Å². The second-order valence-electron chi connectivity index (χ2n) is 5.81. The van der Waals surface area contributed by atoms with Gasteiger partial charge in [0.25, 0.3) is 5.91 Å². The zero-order valence-electron chi connectivity index (χ0n) is 14.7. The SMILES string of the molecule is CNC(=O)NC(=O)COC(=O)c1ccc(Cl)c(S(=O)(=O)N2CCCCC2)c1. The van der Waals surface area contributed by atoms with E-state index in [1.165, 1.54) is 23.5 Å². The number of urea groups is 1. The third kappa shape index (κ3) is 5.41. The molecule has 0 bridgehead atoms. The minimum Gasteiger partial charge on any atom is -0.452 e. The first-order valence-corrected chi connectivity index (χ1v) is 10.1. The summed E-state index contributed by atoms with van der Waals surface area (Å²) in [5, 5.41) is 4.11. The smallest absolute Gasteiger partial charge is 0.338 e. The Kier molecular flexibility index (Phi) is 7.17. The maximum Gasteiger partial charge on any atom is 0.338 e. The van der Waals surface area contributed by atoms with Crippen LogP contribution in [0, 0.1) is 0 Å². The Labute approximate surface area is 162 Å². The molecule has 1 fully saturated rings. The molecule has 2 rings (SSSR count). The molecule has 0 atom stereocenters. The molecule has 0 saturated carbocycles. The summed E-state index contributed by atoms with van der Waals surface area (Å²) in [4.78, 5) is 34.4. The average molecular weight is 418 g/mol. The predicted molar refractivity (Wildman–Crippen MR) is 96.9 cm³/mol. The van der Waals surface area contributed by atoms with Gasteiger partial charge in [-0.3, -0.25) is 10.1 Å². The molecule has 11 heteroatoms. The van der Waals surface area contributed by atoms with Gasteiger partial charge >= 0.3 is 12.0 Å². The minimum absolute atomic E-state index is 0.00511. The number of piperidine rings is 1. The lowest BCUT2D eigenvalue weighted by Crippen LogP contribution is -2.39. The molecule has 9 nitrogen and oxygen atoms in total. The molecule has 1 heterocycles.